The van der Waals surface area contributed by atoms with Gasteiger partial charge in [0.15, 0.2) is 12.2 Å². The van der Waals surface area contributed by atoms with E-state index in [1.165, 1.54) is 135 Å². The van der Waals surface area contributed by atoms with Gasteiger partial charge in [0.1, 0.15) is 19.3 Å². The average Bonchev–Trinajstić information content (AvgIpc) is 3.67. The molecule has 0 bridgehead atoms. The molecule has 0 aromatic heterocycles. The molecule has 522 valence electrons. The van der Waals surface area contributed by atoms with Crippen LogP contribution in [0.2, 0.25) is 0 Å². The molecule has 5 atom stereocenters. The van der Waals surface area contributed by atoms with Crippen LogP contribution in [-0.4, -0.2) is 96.7 Å². The van der Waals surface area contributed by atoms with Gasteiger partial charge < -0.3 is 33.8 Å². The van der Waals surface area contributed by atoms with Crippen LogP contribution in [0.4, 0.5) is 0 Å². The van der Waals surface area contributed by atoms with Crippen LogP contribution in [0.15, 0.2) is 0 Å². The maximum absolute atomic E-state index is 13.0. The van der Waals surface area contributed by atoms with Gasteiger partial charge in [-0.1, -0.05) is 287 Å². The van der Waals surface area contributed by atoms with Crippen molar-refractivity contribution in [1.82, 2.24) is 0 Å². The van der Waals surface area contributed by atoms with E-state index in [2.05, 4.69) is 55.4 Å². The Kier molecular flexibility index (Phi) is 57.6. The standard InChI is InChI=1S/C69H134O17P2/c1-59(2)45-37-29-21-15-11-9-10-12-18-26-35-43-51-68(73)85-64(55-79-66(71)49-41-33-25-17-14-13-16-22-30-38-46-60(3)4)57-83-87(75,76)81-53-63(70)54-82-88(77,78)84-58-65(86-69(74)52-44-36-28-20-24-32-40-48-62(7)8)56-80-67(72)50-42-34-27-19-23-31-39-47-61(5)6/h59-65,70H,9-58H2,1-8H3,(H,75,76)(H,77,78)/t63?,64-,65-/m1/s1. The summed E-state index contributed by atoms with van der Waals surface area (Å²) >= 11 is 0. The summed E-state index contributed by atoms with van der Waals surface area (Å²) in [7, 11) is -9.90. The van der Waals surface area contributed by atoms with Crippen LogP contribution in [-0.2, 0) is 65.4 Å². The van der Waals surface area contributed by atoms with Crippen molar-refractivity contribution in [2.24, 2.45) is 23.7 Å². The molecule has 0 radical (unpaired) electrons. The van der Waals surface area contributed by atoms with E-state index in [0.29, 0.717) is 37.5 Å². The van der Waals surface area contributed by atoms with Gasteiger partial charge in [0, 0.05) is 25.7 Å². The number of esters is 4. The number of hydrogen-bond acceptors (Lipinski definition) is 15. The van der Waals surface area contributed by atoms with Gasteiger partial charge in [-0.3, -0.25) is 37.3 Å². The fraction of sp³-hybridized carbons (Fsp3) is 0.942. The Bertz CT molecular complexity index is 1750. The number of phosphoric ester groups is 2. The quantitative estimate of drug-likeness (QED) is 0.0222. The van der Waals surface area contributed by atoms with E-state index < -0.39 is 97.5 Å². The van der Waals surface area contributed by atoms with Crippen LogP contribution in [0, 0.1) is 23.7 Å². The van der Waals surface area contributed by atoms with E-state index in [0.717, 1.165) is 108 Å². The summed E-state index contributed by atoms with van der Waals surface area (Å²) in [5.41, 5.74) is 0. The van der Waals surface area contributed by atoms with Crippen molar-refractivity contribution >= 4 is 39.5 Å². The Morgan fingerprint density at radius 2 is 0.477 bits per heavy atom. The topological polar surface area (TPSA) is 237 Å². The number of unbranched alkanes of at least 4 members (excludes halogenated alkanes) is 32. The van der Waals surface area contributed by atoms with Crippen molar-refractivity contribution in [2.75, 3.05) is 39.6 Å². The second-order valence-electron chi connectivity index (χ2n) is 26.8. The van der Waals surface area contributed by atoms with E-state index in [9.17, 15) is 43.2 Å². The van der Waals surface area contributed by atoms with Gasteiger partial charge in [-0.25, -0.2) is 9.13 Å². The molecule has 19 heteroatoms. The molecule has 3 N–H and O–H groups in total. The Morgan fingerprint density at radius 3 is 0.705 bits per heavy atom. The van der Waals surface area contributed by atoms with Gasteiger partial charge in [-0.05, 0) is 49.4 Å². The van der Waals surface area contributed by atoms with Gasteiger partial charge in [0.25, 0.3) is 0 Å². The molecule has 3 unspecified atom stereocenters. The summed E-state index contributed by atoms with van der Waals surface area (Å²) in [6.45, 7) is 14.0. The summed E-state index contributed by atoms with van der Waals surface area (Å²) in [4.78, 5) is 72.5. The third-order valence-corrected chi connectivity index (χ3v) is 17.7. The summed E-state index contributed by atoms with van der Waals surface area (Å²) in [6.07, 6.45) is 40.5. The van der Waals surface area contributed by atoms with Crippen LogP contribution in [0.1, 0.15) is 338 Å². The first-order valence-corrected chi connectivity index (χ1v) is 38.7. The highest BCUT2D eigenvalue weighted by atomic mass is 31.2. The summed E-state index contributed by atoms with van der Waals surface area (Å²) < 4.78 is 68.2. The van der Waals surface area contributed by atoms with Crippen molar-refractivity contribution in [2.45, 2.75) is 356 Å². The fourth-order valence-electron chi connectivity index (χ4n) is 10.3. The Labute approximate surface area is 537 Å². The zero-order chi connectivity index (χ0) is 65.4. The van der Waals surface area contributed by atoms with E-state index in [1.807, 2.05) is 0 Å². The number of carbonyl (C=O) groups is 4. The third kappa shape index (κ3) is 62.8. The molecule has 0 rings (SSSR count). The lowest BCUT2D eigenvalue weighted by Gasteiger charge is -2.21. The lowest BCUT2D eigenvalue weighted by molar-refractivity contribution is -0.161. The maximum Gasteiger partial charge on any atom is 0.472 e. The molecular weight excluding hydrogens is 1160 g/mol. The Morgan fingerprint density at radius 1 is 0.284 bits per heavy atom. The predicted octanol–water partition coefficient (Wildman–Crippen LogP) is 19.3. The number of phosphoric acid groups is 2. The monoisotopic (exact) mass is 1300 g/mol. The summed E-state index contributed by atoms with van der Waals surface area (Å²) in [5.74, 6) is 0.803. The molecule has 0 spiro atoms. The van der Waals surface area contributed by atoms with Crippen LogP contribution >= 0.6 is 15.6 Å². The van der Waals surface area contributed by atoms with E-state index in [4.69, 9.17) is 37.0 Å². The number of aliphatic hydroxyl groups excluding tert-OH is 1. The van der Waals surface area contributed by atoms with Crippen molar-refractivity contribution in [3.63, 3.8) is 0 Å². The van der Waals surface area contributed by atoms with Gasteiger partial charge in [-0.15, -0.1) is 0 Å². The largest absolute Gasteiger partial charge is 0.472 e. The minimum atomic E-state index is -4.95. The molecule has 0 saturated heterocycles. The van der Waals surface area contributed by atoms with E-state index in [1.54, 1.807) is 0 Å². The number of ether oxygens (including phenoxy) is 4. The average molecular weight is 1300 g/mol. The Balaban J connectivity index is 5.25. The molecular formula is C69H134O17P2. The number of carbonyl (C=O) groups excluding carboxylic acids is 4. The highest BCUT2D eigenvalue weighted by Gasteiger charge is 2.30. The van der Waals surface area contributed by atoms with Crippen molar-refractivity contribution in [3.05, 3.63) is 0 Å². The first kappa shape index (κ1) is 86.1. The van der Waals surface area contributed by atoms with Crippen LogP contribution in [0.3, 0.4) is 0 Å². The second-order valence-corrected chi connectivity index (χ2v) is 29.7. The first-order valence-electron chi connectivity index (χ1n) is 35.7. The van der Waals surface area contributed by atoms with Crippen LogP contribution in [0.25, 0.3) is 0 Å². The SMILES string of the molecule is CC(C)CCCCCCCCCCCCCCC(=O)O[C@H](COC(=O)CCCCCCCCCCCCC(C)C)COP(=O)(O)OCC(O)COP(=O)(O)OC[C@@H](COC(=O)CCCCCCCCCC(C)C)OC(=O)CCCCCCCCCC(C)C. The molecule has 0 saturated carbocycles. The lowest BCUT2D eigenvalue weighted by Crippen LogP contribution is -2.30. The molecule has 0 aliphatic heterocycles. The number of hydrogen-bond donors (Lipinski definition) is 3. The van der Waals surface area contributed by atoms with Gasteiger partial charge in [0.05, 0.1) is 26.4 Å². The zero-order valence-corrected chi connectivity index (χ0v) is 59.1. The minimum absolute atomic E-state index is 0.102. The minimum Gasteiger partial charge on any atom is -0.462 e. The van der Waals surface area contributed by atoms with Crippen LogP contribution in [0.5, 0.6) is 0 Å². The highest BCUT2D eigenvalue weighted by Crippen LogP contribution is 2.45. The molecule has 88 heavy (non-hydrogen) atoms. The summed E-state index contributed by atoms with van der Waals surface area (Å²) in [5, 5.41) is 10.6. The number of aliphatic hydroxyl groups is 1. The first-order chi connectivity index (χ1) is 42.1. The smallest absolute Gasteiger partial charge is 0.462 e. The van der Waals surface area contributed by atoms with Gasteiger partial charge in [-0.2, -0.15) is 0 Å². The highest BCUT2D eigenvalue weighted by molar-refractivity contribution is 7.47. The molecule has 0 amide bonds. The zero-order valence-electron chi connectivity index (χ0n) is 57.3. The van der Waals surface area contributed by atoms with Gasteiger partial charge in [0.2, 0.25) is 0 Å². The lowest BCUT2D eigenvalue weighted by atomic mass is 10.0. The molecule has 0 aromatic carbocycles. The maximum atomic E-state index is 13.0. The molecule has 0 aliphatic rings. The third-order valence-electron chi connectivity index (χ3n) is 15.8. The van der Waals surface area contributed by atoms with E-state index in [-0.39, 0.29) is 25.7 Å². The molecule has 17 nitrogen and oxygen atoms in total. The van der Waals surface area contributed by atoms with Crippen molar-refractivity contribution in [3.8, 4) is 0 Å². The molecule has 0 aromatic rings. The van der Waals surface area contributed by atoms with Crippen LogP contribution < -0.4 is 0 Å². The molecule has 0 heterocycles. The molecule has 0 aliphatic carbocycles. The predicted molar refractivity (Wildman–Crippen MR) is 354 cm³/mol. The van der Waals surface area contributed by atoms with Gasteiger partial charge >= 0.3 is 39.5 Å². The number of rotatable bonds is 66. The van der Waals surface area contributed by atoms with E-state index >= 15 is 0 Å². The Hall–Kier alpha value is -1.94. The normalized spacial score (nSPS) is 14.3. The van der Waals surface area contributed by atoms with Crippen molar-refractivity contribution in [1.29, 1.82) is 0 Å². The fourth-order valence-corrected chi connectivity index (χ4v) is 11.9. The molecule has 0 fully saturated rings. The van der Waals surface area contributed by atoms with Crippen molar-refractivity contribution < 1.29 is 80.2 Å². The summed E-state index contributed by atoms with van der Waals surface area (Å²) in [6, 6.07) is 0. The second kappa shape index (κ2) is 58.8.